The van der Waals surface area contributed by atoms with Crippen molar-refractivity contribution in [1.29, 1.82) is 0 Å². The van der Waals surface area contributed by atoms with Gasteiger partial charge >= 0.3 is 0 Å². The first kappa shape index (κ1) is 17.1. The monoisotopic (exact) mass is 296 g/mol. The maximum Gasteiger partial charge on any atom is 0.253 e. The Kier molecular flexibility index (Phi) is 7.39. The fraction of sp³-hybridized carbons (Fsp3) is 0.533. The third-order valence-corrected chi connectivity index (χ3v) is 3.19. The van der Waals surface area contributed by atoms with Gasteiger partial charge < -0.3 is 25.6 Å². The minimum Gasteiger partial charge on any atom is -0.497 e. The summed E-state index contributed by atoms with van der Waals surface area (Å²) in [6.07, 6.45) is 3.60. The van der Waals surface area contributed by atoms with Gasteiger partial charge in [0, 0.05) is 19.2 Å². The Bertz CT molecular complexity index is 463. The molecular weight excluding hydrogens is 272 g/mol. The van der Waals surface area contributed by atoms with E-state index in [1.165, 1.54) is 14.2 Å². The van der Waals surface area contributed by atoms with E-state index in [1.807, 2.05) is 0 Å². The van der Waals surface area contributed by atoms with Gasteiger partial charge in [-0.15, -0.1) is 0 Å². The summed E-state index contributed by atoms with van der Waals surface area (Å²) >= 11 is 0. The van der Waals surface area contributed by atoms with Crippen molar-refractivity contribution >= 4 is 11.6 Å². The predicted molar refractivity (Wildman–Crippen MR) is 81.8 cm³/mol. The van der Waals surface area contributed by atoms with Crippen LogP contribution in [0.4, 0.5) is 5.69 Å². The third-order valence-electron chi connectivity index (χ3n) is 3.19. The molecular formula is C15H24N2O4. The van der Waals surface area contributed by atoms with Gasteiger partial charge in [0.05, 0.1) is 25.5 Å². The summed E-state index contributed by atoms with van der Waals surface area (Å²) in [4.78, 5) is 12.1. The molecule has 0 spiro atoms. The van der Waals surface area contributed by atoms with Crippen LogP contribution in [0.5, 0.6) is 11.5 Å². The number of anilines is 1. The molecule has 0 saturated carbocycles. The maximum absolute atomic E-state index is 12.1. The Morgan fingerprint density at radius 1 is 1.19 bits per heavy atom. The van der Waals surface area contributed by atoms with Crippen LogP contribution < -0.4 is 20.5 Å². The van der Waals surface area contributed by atoms with Gasteiger partial charge in [0.1, 0.15) is 11.5 Å². The summed E-state index contributed by atoms with van der Waals surface area (Å²) in [6.45, 7) is 0.787. The summed E-state index contributed by atoms with van der Waals surface area (Å²) in [7, 11) is 3.02. The molecule has 1 aromatic rings. The highest BCUT2D eigenvalue weighted by Crippen LogP contribution is 2.30. The van der Waals surface area contributed by atoms with Gasteiger partial charge in [0.2, 0.25) is 0 Å². The van der Waals surface area contributed by atoms with E-state index in [2.05, 4.69) is 5.32 Å². The Balaban J connectivity index is 2.61. The molecule has 0 aromatic heterocycles. The molecule has 21 heavy (non-hydrogen) atoms. The van der Waals surface area contributed by atoms with Crippen LogP contribution in [-0.4, -0.2) is 38.4 Å². The molecule has 0 aliphatic heterocycles. The van der Waals surface area contributed by atoms with Gasteiger partial charge in [-0.25, -0.2) is 0 Å². The number of rotatable bonds is 9. The molecule has 6 nitrogen and oxygen atoms in total. The fourth-order valence-electron chi connectivity index (χ4n) is 1.96. The minimum atomic E-state index is -0.244. The quantitative estimate of drug-likeness (QED) is 0.475. The number of unbranched alkanes of at least 4 members (excludes halogenated alkanes) is 3. The number of amides is 1. The Labute approximate surface area is 125 Å². The highest BCUT2D eigenvalue weighted by Gasteiger charge is 2.15. The fourth-order valence-corrected chi connectivity index (χ4v) is 1.96. The predicted octanol–water partition coefficient (Wildman–Crippen LogP) is 1.57. The Morgan fingerprint density at radius 3 is 2.52 bits per heavy atom. The number of ether oxygens (including phenoxy) is 2. The molecule has 4 N–H and O–H groups in total. The third kappa shape index (κ3) is 5.15. The number of nitrogen functional groups attached to an aromatic ring is 1. The number of hydrogen-bond acceptors (Lipinski definition) is 5. The molecule has 0 aliphatic rings. The van der Waals surface area contributed by atoms with Gasteiger partial charge in [-0.1, -0.05) is 12.8 Å². The number of aliphatic hydroxyl groups is 1. The highest BCUT2D eigenvalue weighted by atomic mass is 16.5. The number of carbonyl (C=O) groups excluding carboxylic acids is 1. The Morgan fingerprint density at radius 2 is 1.90 bits per heavy atom. The first-order valence-electron chi connectivity index (χ1n) is 7.04. The second kappa shape index (κ2) is 9.07. The van der Waals surface area contributed by atoms with Crippen molar-refractivity contribution in [2.75, 3.05) is 33.1 Å². The van der Waals surface area contributed by atoms with Crippen LogP contribution in [0.2, 0.25) is 0 Å². The van der Waals surface area contributed by atoms with E-state index < -0.39 is 0 Å². The second-order valence-electron chi connectivity index (χ2n) is 4.68. The molecule has 118 valence electrons. The van der Waals surface area contributed by atoms with Crippen LogP contribution in [0.25, 0.3) is 0 Å². The molecule has 1 rings (SSSR count). The molecule has 0 heterocycles. The molecule has 0 bridgehead atoms. The van der Waals surface area contributed by atoms with E-state index in [9.17, 15) is 4.79 Å². The van der Waals surface area contributed by atoms with E-state index >= 15 is 0 Å². The summed E-state index contributed by atoms with van der Waals surface area (Å²) < 4.78 is 10.3. The van der Waals surface area contributed by atoms with Crippen molar-refractivity contribution in [3.05, 3.63) is 17.7 Å². The van der Waals surface area contributed by atoms with E-state index in [4.69, 9.17) is 20.3 Å². The van der Waals surface area contributed by atoms with Crippen molar-refractivity contribution < 1.29 is 19.4 Å². The number of carbonyl (C=O) groups is 1. The van der Waals surface area contributed by atoms with Gasteiger partial charge in [0.15, 0.2) is 0 Å². The molecule has 0 aliphatic carbocycles. The lowest BCUT2D eigenvalue weighted by molar-refractivity contribution is 0.0953. The van der Waals surface area contributed by atoms with Crippen LogP contribution in [-0.2, 0) is 0 Å². The van der Waals surface area contributed by atoms with Crippen molar-refractivity contribution in [1.82, 2.24) is 5.32 Å². The molecule has 0 atom stereocenters. The van der Waals surface area contributed by atoms with Gasteiger partial charge in [-0.2, -0.15) is 0 Å². The molecule has 0 fully saturated rings. The van der Waals surface area contributed by atoms with Crippen LogP contribution in [0.3, 0.4) is 0 Å². The summed E-state index contributed by atoms with van der Waals surface area (Å²) in [5.41, 5.74) is 6.57. The van der Waals surface area contributed by atoms with E-state index in [1.54, 1.807) is 12.1 Å². The highest BCUT2D eigenvalue weighted by molar-refractivity contribution is 6.00. The molecule has 0 unspecified atom stereocenters. The molecule has 0 radical (unpaired) electrons. The van der Waals surface area contributed by atoms with Crippen molar-refractivity contribution in [2.24, 2.45) is 0 Å². The average molecular weight is 296 g/mol. The zero-order valence-corrected chi connectivity index (χ0v) is 12.6. The number of methoxy groups -OCH3 is 2. The molecule has 0 saturated heterocycles. The van der Waals surface area contributed by atoms with E-state index in [0.29, 0.717) is 29.3 Å². The van der Waals surface area contributed by atoms with Crippen molar-refractivity contribution in [3.8, 4) is 11.5 Å². The van der Waals surface area contributed by atoms with Crippen LogP contribution in [0.1, 0.15) is 36.0 Å². The summed E-state index contributed by atoms with van der Waals surface area (Å²) in [6, 6.07) is 3.24. The standard InChI is InChI=1S/C15H24N2O4/c1-20-11-9-12(14(16)13(10-11)21-2)15(19)17-7-5-3-4-6-8-18/h9-10,18H,3-8,16H2,1-2H3,(H,17,19). The SMILES string of the molecule is COc1cc(OC)c(N)c(C(=O)NCCCCCCO)c1. The lowest BCUT2D eigenvalue weighted by Crippen LogP contribution is -2.25. The van der Waals surface area contributed by atoms with Crippen LogP contribution in [0, 0.1) is 0 Å². The van der Waals surface area contributed by atoms with Gasteiger partial charge in [-0.05, 0) is 18.9 Å². The van der Waals surface area contributed by atoms with Crippen molar-refractivity contribution in [2.45, 2.75) is 25.7 Å². The number of aliphatic hydroxyl groups excluding tert-OH is 1. The normalized spacial score (nSPS) is 10.2. The minimum absolute atomic E-state index is 0.215. The first-order valence-corrected chi connectivity index (χ1v) is 7.04. The summed E-state index contributed by atoms with van der Waals surface area (Å²) in [5, 5.41) is 11.5. The lowest BCUT2D eigenvalue weighted by Gasteiger charge is -2.12. The number of nitrogens with one attached hydrogen (secondary N) is 1. The summed E-state index contributed by atoms with van der Waals surface area (Å²) in [5.74, 6) is 0.698. The average Bonchev–Trinajstić information content (AvgIpc) is 2.50. The number of benzene rings is 1. The largest absolute Gasteiger partial charge is 0.497 e. The Hall–Kier alpha value is -1.95. The van der Waals surface area contributed by atoms with Gasteiger partial charge in [-0.3, -0.25) is 4.79 Å². The maximum atomic E-state index is 12.1. The number of hydrogen-bond donors (Lipinski definition) is 3. The van der Waals surface area contributed by atoms with E-state index in [0.717, 1.165) is 25.7 Å². The first-order chi connectivity index (χ1) is 10.1. The van der Waals surface area contributed by atoms with Gasteiger partial charge in [0.25, 0.3) is 5.91 Å². The topological polar surface area (TPSA) is 93.8 Å². The molecule has 6 heteroatoms. The van der Waals surface area contributed by atoms with Crippen LogP contribution >= 0.6 is 0 Å². The zero-order chi connectivity index (χ0) is 15.7. The van der Waals surface area contributed by atoms with Crippen LogP contribution in [0.15, 0.2) is 12.1 Å². The second-order valence-corrected chi connectivity index (χ2v) is 4.68. The zero-order valence-electron chi connectivity index (χ0n) is 12.6. The number of nitrogens with two attached hydrogens (primary N) is 1. The van der Waals surface area contributed by atoms with E-state index in [-0.39, 0.29) is 12.5 Å². The molecule has 1 amide bonds. The lowest BCUT2D eigenvalue weighted by atomic mass is 10.1. The van der Waals surface area contributed by atoms with Crippen molar-refractivity contribution in [3.63, 3.8) is 0 Å². The smallest absolute Gasteiger partial charge is 0.253 e. The molecule has 1 aromatic carbocycles.